The van der Waals surface area contributed by atoms with Crippen molar-refractivity contribution in [2.45, 2.75) is 0 Å². The first-order chi connectivity index (χ1) is 6.90. The molecule has 0 amide bonds. The van der Waals surface area contributed by atoms with Gasteiger partial charge in [-0.1, -0.05) is 42.5 Å². The normalized spacial score (nSPS) is 9.36. The molecule has 66 valence electrons. The summed E-state index contributed by atoms with van der Waals surface area (Å²) in [6.07, 6.45) is 0. The Kier molecular flexibility index (Phi) is 2.29. The van der Waals surface area contributed by atoms with Crippen molar-refractivity contribution in [1.29, 1.82) is 5.26 Å². The molecule has 0 radical (unpaired) electrons. The van der Waals surface area contributed by atoms with Crippen LogP contribution >= 0.6 is 0 Å². The summed E-state index contributed by atoms with van der Waals surface area (Å²) in [6.45, 7) is 0. The highest BCUT2D eigenvalue weighted by molar-refractivity contribution is 5.63. The predicted molar refractivity (Wildman–Crippen MR) is 57.7 cm³/mol. The van der Waals surface area contributed by atoms with Crippen LogP contribution in [0.3, 0.4) is 0 Å². The van der Waals surface area contributed by atoms with Gasteiger partial charge in [0, 0.05) is 0 Å². The number of hydrogen-bond acceptors (Lipinski definition) is 1. The van der Waals surface area contributed by atoms with Crippen molar-refractivity contribution >= 4 is 0 Å². The standard InChI is InChI=1S/C13H9N/c14-10-11-6-8-13(9-7-11)12-4-2-1-3-5-12/h1-9H/p+1. The summed E-state index contributed by atoms with van der Waals surface area (Å²) >= 11 is 0. The molecule has 0 saturated carbocycles. The molecule has 0 aliphatic rings. The van der Waals surface area contributed by atoms with Crippen LogP contribution in [0.1, 0.15) is 6.99 Å². The molecule has 0 fully saturated rings. The maximum absolute atomic E-state index is 8.65. The lowest BCUT2D eigenvalue weighted by Crippen LogP contribution is -1.77. The summed E-state index contributed by atoms with van der Waals surface area (Å²) in [7, 11) is 0. The Morgan fingerprint density at radius 1 is 0.786 bits per heavy atom. The molecule has 0 saturated heterocycles. The largest absolute Gasteiger partial charge is 1.00 e. The molecule has 0 atom stereocenters. The zero-order valence-electron chi connectivity index (χ0n) is 8.64. The Hall–Kier alpha value is -2.07. The Bertz CT molecular complexity index is 454. The van der Waals surface area contributed by atoms with Crippen LogP contribution in [0.15, 0.2) is 54.6 Å². The van der Waals surface area contributed by atoms with E-state index in [0.29, 0.717) is 5.56 Å². The quantitative estimate of drug-likeness (QED) is 0.660. The molecule has 0 aliphatic carbocycles. The van der Waals surface area contributed by atoms with Crippen molar-refractivity contribution in [2.75, 3.05) is 0 Å². The first-order valence-corrected chi connectivity index (χ1v) is 4.46. The van der Waals surface area contributed by atoms with E-state index in [1.807, 2.05) is 42.5 Å². The fourth-order valence-corrected chi connectivity index (χ4v) is 1.37. The van der Waals surface area contributed by atoms with Crippen molar-refractivity contribution < 1.29 is 1.43 Å². The Balaban J connectivity index is 0.00000112. The SMILES string of the molecule is N#Cc1ccc(-c2ccccc2)cc1.[H+]. The summed E-state index contributed by atoms with van der Waals surface area (Å²) in [5, 5.41) is 8.65. The third kappa shape index (κ3) is 1.65. The third-order valence-electron chi connectivity index (χ3n) is 2.12. The second-order valence-corrected chi connectivity index (χ2v) is 3.06. The average molecular weight is 180 g/mol. The molecule has 0 spiro atoms. The summed E-state index contributed by atoms with van der Waals surface area (Å²) in [5.41, 5.74) is 3.02. The number of nitrogens with zero attached hydrogens (tertiary/aromatic N) is 1. The molecule has 1 heteroatoms. The molecule has 0 bridgehead atoms. The van der Waals surface area contributed by atoms with Crippen LogP contribution in [0.25, 0.3) is 11.1 Å². The van der Waals surface area contributed by atoms with Gasteiger partial charge >= 0.3 is 1.43 Å². The van der Waals surface area contributed by atoms with Crippen molar-refractivity contribution in [3.8, 4) is 17.2 Å². The Labute approximate surface area is 84.7 Å². The zero-order chi connectivity index (χ0) is 9.80. The summed E-state index contributed by atoms with van der Waals surface area (Å²) in [4.78, 5) is 0. The van der Waals surface area contributed by atoms with Gasteiger partial charge in [-0.3, -0.25) is 0 Å². The van der Waals surface area contributed by atoms with Gasteiger partial charge in [-0.25, -0.2) is 0 Å². The topological polar surface area (TPSA) is 23.8 Å². The summed E-state index contributed by atoms with van der Waals surface area (Å²) < 4.78 is 0. The molecule has 2 aromatic rings. The van der Waals surface area contributed by atoms with E-state index in [4.69, 9.17) is 5.26 Å². The first kappa shape index (κ1) is 8.52. The number of rotatable bonds is 1. The van der Waals surface area contributed by atoms with E-state index in [1.54, 1.807) is 0 Å². The van der Waals surface area contributed by atoms with Gasteiger partial charge in [0.05, 0.1) is 11.6 Å². The van der Waals surface area contributed by atoms with Crippen LogP contribution in [-0.2, 0) is 0 Å². The maximum atomic E-state index is 8.65. The van der Waals surface area contributed by atoms with Crippen LogP contribution in [0.5, 0.6) is 0 Å². The lowest BCUT2D eigenvalue weighted by molar-refractivity contribution is 1.48. The lowest BCUT2D eigenvalue weighted by Gasteiger charge is -1.99. The summed E-state index contributed by atoms with van der Waals surface area (Å²) in [6, 6.07) is 19.8. The van der Waals surface area contributed by atoms with E-state index in [1.165, 1.54) is 5.56 Å². The van der Waals surface area contributed by atoms with E-state index >= 15 is 0 Å². The van der Waals surface area contributed by atoms with Crippen molar-refractivity contribution in [1.82, 2.24) is 0 Å². The number of benzene rings is 2. The van der Waals surface area contributed by atoms with Gasteiger partial charge in [-0.15, -0.1) is 0 Å². The van der Waals surface area contributed by atoms with Crippen LogP contribution in [0.2, 0.25) is 0 Å². The van der Waals surface area contributed by atoms with E-state index in [-0.39, 0.29) is 1.43 Å². The lowest BCUT2D eigenvalue weighted by atomic mass is 10.0. The average Bonchev–Trinajstić information content (AvgIpc) is 2.30. The third-order valence-corrected chi connectivity index (χ3v) is 2.12. The highest BCUT2D eigenvalue weighted by atomic mass is 14.2. The van der Waals surface area contributed by atoms with Gasteiger partial charge in [0.15, 0.2) is 0 Å². The second-order valence-electron chi connectivity index (χ2n) is 3.06. The molecule has 0 N–H and O–H groups in total. The van der Waals surface area contributed by atoms with Gasteiger partial charge in [0.1, 0.15) is 0 Å². The van der Waals surface area contributed by atoms with E-state index in [9.17, 15) is 0 Å². The van der Waals surface area contributed by atoms with Gasteiger partial charge in [0.25, 0.3) is 0 Å². The number of nitriles is 1. The first-order valence-electron chi connectivity index (χ1n) is 4.46. The Morgan fingerprint density at radius 2 is 1.36 bits per heavy atom. The maximum Gasteiger partial charge on any atom is 1.00 e. The van der Waals surface area contributed by atoms with E-state index in [0.717, 1.165) is 5.56 Å². The minimum Gasteiger partial charge on any atom is -0.192 e. The molecule has 2 aromatic carbocycles. The fourth-order valence-electron chi connectivity index (χ4n) is 1.37. The fraction of sp³-hybridized carbons (Fsp3) is 0. The van der Waals surface area contributed by atoms with E-state index in [2.05, 4.69) is 18.2 Å². The van der Waals surface area contributed by atoms with Gasteiger partial charge in [-0.2, -0.15) is 5.26 Å². The van der Waals surface area contributed by atoms with Crippen LogP contribution < -0.4 is 0 Å². The molecule has 14 heavy (non-hydrogen) atoms. The van der Waals surface area contributed by atoms with Crippen molar-refractivity contribution in [2.24, 2.45) is 0 Å². The Morgan fingerprint density at radius 3 is 1.93 bits per heavy atom. The second kappa shape index (κ2) is 3.76. The van der Waals surface area contributed by atoms with Crippen molar-refractivity contribution in [3.63, 3.8) is 0 Å². The molecular weight excluding hydrogens is 170 g/mol. The van der Waals surface area contributed by atoms with Crippen LogP contribution in [0, 0.1) is 11.3 Å². The molecule has 0 aliphatic heterocycles. The van der Waals surface area contributed by atoms with Crippen LogP contribution in [0.4, 0.5) is 0 Å². The van der Waals surface area contributed by atoms with Gasteiger partial charge in [-0.05, 0) is 23.3 Å². The monoisotopic (exact) mass is 180 g/mol. The number of hydrogen-bond donors (Lipinski definition) is 0. The molecule has 2 rings (SSSR count). The zero-order valence-corrected chi connectivity index (χ0v) is 7.64. The van der Waals surface area contributed by atoms with Crippen LogP contribution in [-0.4, -0.2) is 0 Å². The molecule has 0 heterocycles. The molecular formula is C13H10N+. The predicted octanol–water partition coefficient (Wildman–Crippen LogP) is 3.34. The van der Waals surface area contributed by atoms with Gasteiger partial charge < -0.3 is 0 Å². The highest BCUT2D eigenvalue weighted by Gasteiger charge is 1.95. The van der Waals surface area contributed by atoms with Gasteiger partial charge in [0.2, 0.25) is 0 Å². The smallest absolute Gasteiger partial charge is 0.192 e. The molecule has 0 aromatic heterocycles. The van der Waals surface area contributed by atoms with Crippen molar-refractivity contribution in [3.05, 3.63) is 60.2 Å². The molecule has 0 unspecified atom stereocenters. The highest BCUT2D eigenvalue weighted by Crippen LogP contribution is 2.18. The minimum atomic E-state index is 0. The van der Waals surface area contributed by atoms with E-state index < -0.39 is 0 Å². The minimum absolute atomic E-state index is 0. The summed E-state index contributed by atoms with van der Waals surface area (Å²) in [5.74, 6) is 0. The molecule has 1 nitrogen and oxygen atoms in total.